The Morgan fingerprint density at radius 1 is 0.967 bits per heavy atom. The zero-order valence-electron chi connectivity index (χ0n) is 15.5. The van der Waals surface area contributed by atoms with Crippen LogP contribution in [-0.2, 0) is 16.6 Å². The maximum absolute atomic E-state index is 13.0. The Morgan fingerprint density at radius 2 is 1.70 bits per heavy atom. The molecule has 0 bridgehead atoms. The van der Waals surface area contributed by atoms with E-state index in [0.29, 0.717) is 17.0 Å². The number of pyridine rings is 1. The molecule has 0 fully saturated rings. The van der Waals surface area contributed by atoms with E-state index in [9.17, 15) is 17.6 Å². The van der Waals surface area contributed by atoms with Gasteiger partial charge in [0.2, 0.25) is 0 Å². The van der Waals surface area contributed by atoms with Gasteiger partial charge in [0.15, 0.2) is 11.5 Å². The third kappa shape index (κ3) is 4.13. The monoisotopic (exact) mass is 425 g/mol. The van der Waals surface area contributed by atoms with E-state index >= 15 is 0 Å². The number of anilines is 1. The van der Waals surface area contributed by atoms with Crippen LogP contribution in [0.5, 0.6) is 0 Å². The number of fused-ring (bicyclic) bond motifs is 1. The van der Waals surface area contributed by atoms with Gasteiger partial charge in [-0.1, -0.05) is 6.07 Å². The SMILES string of the molecule is O=C(NCc1nnc2ccccn12)c1ccc(NS(=O)(=O)c2ccc(F)cc2)cc1. The van der Waals surface area contributed by atoms with E-state index in [4.69, 9.17) is 0 Å². The molecule has 0 radical (unpaired) electrons. The van der Waals surface area contributed by atoms with Gasteiger partial charge in [-0.05, 0) is 60.7 Å². The first-order valence-electron chi connectivity index (χ1n) is 8.88. The summed E-state index contributed by atoms with van der Waals surface area (Å²) >= 11 is 0. The van der Waals surface area contributed by atoms with E-state index in [-0.39, 0.29) is 23.0 Å². The van der Waals surface area contributed by atoms with Crippen LogP contribution in [0.1, 0.15) is 16.2 Å². The number of benzene rings is 2. The van der Waals surface area contributed by atoms with Crippen LogP contribution < -0.4 is 10.0 Å². The van der Waals surface area contributed by atoms with Gasteiger partial charge in [0, 0.05) is 17.4 Å². The third-order valence-electron chi connectivity index (χ3n) is 4.31. The predicted molar refractivity (Wildman–Crippen MR) is 108 cm³/mol. The number of carbonyl (C=O) groups is 1. The Hall–Kier alpha value is -3.79. The lowest BCUT2D eigenvalue weighted by Crippen LogP contribution is -2.24. The summed E-state index contributed by atoms with van der Waals surface area (Å²) in [5, 5.41) is 10.8. The maximum Gasteiger partial charge on any atom is 0.261 e. The van der Waals surface area contributed by atoms with Crippen molar-refractivity contribution in [3.63, 3.8) is 0 Å². The largest absolute Gasteiger partial charge is 0.345 e. The van der Waals surface area contributed by atoms with Gasteiger partial charge >= 0.3 is 0 Å². The second-order valence-electron chi connectivity index (χ2n) is 6.36. The highest BCUT2D eigenvalue weighted by atomic mass is 32.2. The number of amides is 1. The molecular weight excluding hydrogens is 409 g/mol. The first kappa shape index (κ1) is 19.5. The molecule has 2 aromatic heterocycles. The summed E-state index contributed by atoms with van der Waals surface area (Å²) in [5.74, 6) is -0.276. The molecule has 2 aromatic carbocycles. The summed E-state index contributed by atoms with van der Waals surface area (Å²) in [6.45, 7) is 0.183. The van der Waals surface area contributed by atoms with Crippen molar-refractivity contribution < 1.29 is 17.6 Å². The average Bonchev–Trinajstić information content (AvgIpc) is 3.16. The van der Waals surface area contributed by atoms with E-state index in [1.165, 1.54) is 36.4 Å². The Bertz CT molecular complexity index is 1300. The zero-order valence-corrected chi connectivity index (χ0v) is 16.3. The number of sulfonamides is 1. The molecular formula is C20H16FN5O3S. The molecule has 0 atom stereocenters. The molecule has 4 rings (SSSR count). The van der Waals surface area contributed by atoms with Crippen molar-refractivity contribution in [3.05, 3.63) is 90.1 Å². The van der Waals surface area contributed by atoms with Crippen molar-refractivity contribution in [2.45, 2.75) is 11.4 Å². The lowest BCUT2D eigenvalue weighted by molar-refractivity contribution is 0.0950. The highest BCUT2D eigenvalue weighted by molar-refractivity contribution is 7.92. The van der Waals surface area contributed by atoms with Crippen LogP contribution >= 0.6 is 0 Å². The topological polar surface area (TPSA) is 105 Å². The van der Waals surface area contributed by atoms with Gasteiger partial charge in [0.25, 0.3) is 15.9 Å². The zero-order chi connectivity index (χ0) is 21.1. The molecule has 8 nitrogen and oxygen atoms in total. The van der Waals surface area contributed by atoms with Crippen molar-refractivity contribution >= 4 is 27.3 Å². The van der Waals surface area contributed by atoms with Crippen LogP contribution in [0.3, 0.4) is 0 Å². The normalized spacial score (nSPS) is 11.4. The summed E-state index contributed by atoms with van der Waals surface area (Å²) in [7, 11) is -3.86. The van der Waals surface area contributed by atoms with Crippen LogP contribution in [0.25, 0.3) is 5.65 Å². The van der Waals surface area contributed by atoms with Crippen molar-refractivity contribution in [3.8, 4) is 0 Å². The van der Waals surface area contributed by atoms with Crippen molar-refractivity contribution in [2.24, 2.45) is 0 Å². The van der Waals surface area contributed by atoms with Crippen molar-refractivity contribution in [1.82, 2.24) is 19.9 Å². The van der Waals surface area contributed by atoms with Crippen molar-refractivity contribution in [1.29, 1.82) is 0 Å². The molecule has 0 aliphatic carbocycles. The molecule has 0 spiro atoms. The Labute approximate surface area is 171 Å². The fourth-order valence-corrected chi connectivity index (χ4v) is 3.85. The summed E-state index contributed by atoms with van der Waals surface area (Å²) in [6.07, 6.45) is 1.80. The van der Waals surface area contributed by atoms with Gasteiger partial charge in [-0.15, -0.1) is 10.2 Å². The molecule has 0 saturated heterocycles. The highest BCUT2D eigenvalue weighted by Crippen LogP contribution is 2.17. The molecule has 30 heavy (non-hydrogen) atoms. The summed E-state index contributed by atoms with van der Waals surface area (Å²) < 4.78 is 41.8. The van der Waals surface area contributed by atoms with Gasteiger partial charge in [-0.3, -0.25) is 13.9 Å². The number of nitrogens with zero attached hydrogens (tertiary/aromatic N) is 3. The maximum atomic E-state index is 13.0. The van der Waals surface area contributed by atoms with Gasteiger partial charge in [-0.25, -0.2) is 12.8 Å². The molecule has 2 N–H and O–H groups in total. The lowest BCUT2D eigenvalue weighted by Gasteiger charge is -2.09. The standard InChI is InChI=1S/C20H16FN5O3S/c21-15-6-10-17(11-7-15)30(28,29)25-16-8-4-14(5-9-16)20(27)22-13-19-24-23-18-3-1-2-12-26(18)19/h1-12,25H,13H2,(H,22,27). The highest BCUT2D eigenvalue weighted by Gasteiger charge is 2.15. The van der Waals surface area contributed by atoms with E-state index in [0.717, 1.165) is 12.1 Å². The molecule has 152 valence electrons. The second kappa shape index (κ2) is 7.91. The Morgan fingerprint density at radius 3 is 2.43 bits per heavy atom. The number of rotatable bonds is 6. The summed E-state index contributed by atoms with van der Waals surface area (Å²) in [6, 6.07) is 15.9. The van der Waals surface area contributed by atoms with Crippen LogP contribution in [0.4, 0.5) is 10.1 Å². The number of aromatic nitrogens is 3. The molecule has 0 aliphatic rings. The molecule has 0 aliphatic heterocycles. The third-order valence-corrected chi connectivity index (χ3v) is 5.71. The molecule has 2 heterocycles. The fourth-order valence-electron chi connectivity index (χ4n) is 2.79. The minimum atomic E-state index is -3.86. The number of hydrogen-bond acceptors (Lipinski definition) is 5. The second-order valence-corrected chi connectivity index (χ2v) is 8.05. The number of carbonyl (C=O) groups excluding carboxylic acids is 1. The first-order chi connectivity index (χ1) is 14.4. The van der Waals surface area contributed by atoms with E-state index in [1.807, 2.05) is 18.2 Å². The molecule has 0 unspecified atom stereocenters. The van der Waals surface area contributed by atoms with E-state index in [2.05, 4.69) is 20.2 Å². The van der Waals surface area contributed by atoms with Gasteiger partial charge in [0.1, 0.15) is 5.82 Å². The smallest absolute Gasteiger partial charge is 0.261 e. The average molecular weight is 425 g/mol. The predicted octanol–water partition coefficient (Wildman–Crippen LogP) is 2.60. The van der Waals surface area contributed by atoms with Gasteiger partial charge in [-0.2, -0.15) is 0 Å². The number of halogens is 1. The quantitative estimate of drug-likeness (QED) is 0.494. The first-order valence-corrected chi connectivity index (χ1v) is 10.4. The minimum Gasteiger partial charge on any atom is -0.345 e. The lowest BCUT2D eigenvalue weighted by atomic mass is 10.2. The fraction of sp³-hybridized carbons (Fsp3) is 0.0500. The minimum absolute atomic E-state index is 0.0637. The van der Waals surface area contributed by atoms with Crippen LogP contribution in [0.15, 0.2) is 77.8 Å². The van der Waals surface area contributed by atoms with E-state index < -0.39 is 15.8 Å². The molecule has 1 amide bonds. The summed E-state index contributed by atoms with van der Waals surface area (Å²) in [5.41, 5.74) is 1.31. The van der Waals surface area contributed by atoms with Crippen molar-refractivity contribution in [2.75, 3.05) is 4.72 Å². The van der Waals surface area contributed by atoms with Gasteiger partial charge in [0.05, 0.1) is 11.4 Å². The Balaban J connectivity index is 1.41. The van der Waals surface area contributed by atoms with Crippen LogP contribution in [-0.4, -0.2) is 28.9 Å². The molecule has 0 saturated carbocycles. The molecule has 10 heteroatoms. The summed E-state index contributed by atoms with van der Waals surface area (Å²) in [4.78, 5) is 12.3. The Kier molecular flexibility index (Phi) is 5.15. The van der Waals surface area contributed by atoms with E-state index in [1.54, 1.807) is 10.6 Å². The number of nitrogens with one attached hydrogen (secondary N) is 2. The van der Waals surface area contributed by atoms with Crippen LogP contribution in [0, 0.1) is 5.82 Å². The number of hydrogen-bond donors (Lipinski definition) is 2. The van der Waals surface area contributed by atoms with Crippen LogP contribution in [0.2, 0.25) is 0 Å². The molecule has 4 aromatic rings. The van der Waals surface area contributed by atoms with Gasteiger partial charge < -0.3 is 5.32 Å².